The Bertz CT molecular complexity index is 1280. The third kappa shape index (κ3) is 4.76. The molecule has 2 aromatic carbocycles. The fraction of sp³-hybridized carbons (Fsp3) is 0.286. The van der Waals surface area contributed by atoms with Crippen LogP contribution in [0.2, 0.25) is 0 Å². The van der Waals surface area contributed by atoms with Crippen LogP contribution in [-0.2, 0) is 14.8 Å². The van der Waals surface area contributed by atoms with Gasteiger partial charge in [0, 0.05) is 17.3 Å². The number of sulfonamides is 1. The molecular weight excluding hydrogens is 452 g/mol. The molecule has 0 radical (unpaired) electrons. The van der Waals surface area contributed by atoms with Crippen LogP contribution in [0.25, 0.3) is 0 Å². The zero-order chi connectivity index (χ0) is 24.7. The number of benzene rings is 2. The highest BCUT2D eigenvalue weighted by molar-refractivity contribution is 7.89. The Hall–Kier alpha value is -3.64. The average Bonchev–Trinajstić information content (AvgIpc) is 2.96. The third-order valence-electron chi connectivity index (χ3n) is 4.74. The van der Waals surface area contributed by atoms with Crippen molar-refractivity contribution < 1.29 is 27.7 Å². The minimum Gasteiger partial charge on any atom is -0.324 e. The van der Waals surface area contributed by atoms with Crippen molar-refractivity contribution >= 4 is 39.1 Å². The van der Waals surface area contributed by atoms with E-state index in [0.717, 1.165) is 6.07 Å². The van der Waals surface area contributed by atoms with Crippen LogP contribution in [-0.4, -0.2) is 47.5 Å². The smallest absolute Gasteiger partial charge is 0.282 e. The first kappa shape index (κ1) is 24.0. The molecule has 0 unspecified atom stereocenters. The van der Waals surface area contributed by atoms with Crippen LogP contribution >= 0.6 is 0 Å². The molecule has 0 aliphatic carbocycles. The van der Waals surface area contributed by atoms with Gasteiger partial charge in [0.15, 0.2) is 0 Å². The minimum atomic E-state index is -3.86. The summed E-state index contributed by atoms with van der Waals surface area (Å²) in [6.45, 7) is 6.35. The molecule has 0 fully saturated rings. The molecule has 1 heterocycles. The SMILES string of the molecule is C[C@@H](C(=O)Nc1cccc(S(=O)(=O)NC(C)(C)C)c1)N1C(=O)c2cccc([N+](=O)[O-])c2C1=O. The molecule has 12 heteroatoms. The number of fused-ring (bicyclic) bond motifs is 1. The highest BCUT2D eigenvalue weighted by Gasteiger charge is 2.44. The Morgan fingerprint density at radius 1 is 1.09 bits per heavy atom. The maximum Gasteiger partial charge on any atom is 0.282 e. The molecule has 2 aromatic rings. The predicted octanol–water partition coefficient (Wildman–Crippen LogP) is 2.29. The van der Waals surface area contributed by atoms with Gasteiger partial charge < -0.3 is 5.32 Å². The molecule has 33 heavy (non-hydrogen) atoms. The number of carbonyl (C=O) groups excluding carboxylic acids is 3. The summed E-state index contributed by atoms with van der Waals surface area (Å²) in [6, 6.07) is 7.84. The number of hydrogen-bond donors (Lipinski definition) is 2. The van der Waals surface area contributed by atoms with E-state index in [2.05, 4.69) is 10.0 Å². The van der Waals surface area contributed by atoms with Crippen LogP contribution in [0, 0.1) is 10.1 Å². The normalized spacial score (nSPS) is 14.7. The first-order valence-corrected chi connectivity index (χ1v) is 11.3. The molecule has 11 nitrogen and oxygen atoms in total. The molecule has 1 aliphatic rings. The number of nitro groups is 1. The first-order chi connectivity index (χ1) is 15.2. The lowest BCUT2D eigenvalue weighted by Crippen LogP contribution is -2.45. The average molecular weight is 474 g/mol. The number of nitrogens with zero attached hydrogens (tertiary/aromatic N) is 2. The fourth-order valence-electron chi connectivity index (χ4n) is 3.36. The van der Waals surface area contributed by atoms with Gasteiger partial charge in [-0.25, -0.2) is 13.1 Å². The van der Waals surface area contributed by atoms with Crippen molar-refractivity contribution in [3.8, 4) is 0 Å². The van der Waals surface area contributed by atoms with E-state index in [1.54, 1.807) is 20.8 Å². The van der Waals surface area contributed by atoms with E-state index >= 15 is 0 Å². The lowest BCUT2D eigenvalue weighted by atomic mass is 10.1. The third-order valence-corrected chi connectivity index (χ3v) is 6.50. The largest absolute Gasteiger partial charge is 0.324 e. The molecule has 0 aromatic heterocycles. The van der Waals surface area contributed by atoms with Crippen molar-refractivity contribution in [1.29, 1.82) is 0 Å². The van der Waals surface area contributed by atoms with E-state index in [4.69, 9.17) is 0 Å². The Morgan fingerprint density at radius 3 is 2.33 bits per heavy atom. The number of nitro benzene ring substituents is 1. The van der Waals surface area contributed by atoms with Crippen molar-refractivity contribution in [2.75, 3.05) is 5.32 Å². The molecule has 3 amide bonds. The molecule has 1 aliphatic heterocycles. The summed E-state index contributed by atoms with van der Waals surface area (Å²) in [4.78, 5) is 49.3. The number of amides is 3. The van der Waals surface area contributed by atoms with Gasteiger partial charge in [-0.3, -0.25) is 29.4 Å². The topological polar surface area (TPSA) is 156 Å². The van der Waals surface area contributed by atoms with Gasteiger partial charge in [0.05, 0.1) is 15.4 Å². The van der Waals surface area contributed by atoms with Crippen LogP contribution < -0.4 is 10.0 Å². The summed E-state index contributed by atoms with van der Waals surface area (Å²) in [6.07, 6.45) is 0. The van der Waals surface area contributed by atoms with Gasteiger partial charge in [-0.05, 0) is 52.0 Å². The molecule has 0 spiro atoms. The van der Waals surface area contributed by atoms with E-state index in [-0.39, 0.29) is 21.7 Å². The van der Waals surface area contributed by atoms with Crippen molar-refractivity contribution in [2.45, 2.75) is 44.2 Å². The maximum atomic E-state index is 12.8. The van der Waals surface area contributed by atoms with Gasteiger partial charge in [0.1, 0.15) is 11.6 Å². The molecule has 2 N–H and O–H groups in total. The summed E-state index contributed by atoms with van der Waals surface area (Å²) in [5, 5.41) is 13.7. The molecular formula is C21H22N4O7S. The summed E-state index contributed by atoms with van der Waals surface area (Å²) < 4.78 is 27.6. The van der Waals surface area contributed by atoms with Crippen LogP contribution in [0.1, 0.15) is 48.4 Å². The van der Waals surface area contributed by atoms with Gasteiger partial charge in [0.25, 0.3) is 17.5 Å². The summed E-state index contributed by atoms with van der Waals surface area (Å²) in [5.74, 6) is -2.55. The van der Waals surface area contributed by atoms with Crippen molar-refractivity contribution in [3.63, 3.8) is 0 Å². The molecule has 3 rings (SSSR count). The van der Waals surface area contributed by atoms with Crippen LogP contribution in [0.5, 0.6) is 0 Å². The van der Waals surface area contributed by atoms with E-state index in [1.807, 2.05) is 0 Å². The second kappa shape index (κ2) is 8.37. The fourth-order valence-corrected chi connectivity index (χ4v) is 4.82. The highest BCUT2D eigenvalue weighted by atomic mass is 32.2. The molecule has 0 saturated heterocycles. The number of nitrogens with one attached hydrogen (secondary N) is 2. The van der Waals surface area contributed by atoms with Crippen LogP contribution in [0.15, 0.2) is 47.4 Å². The zero-order valence-electron chi connectivity index (χ0n) is 18.3. The highest BCUT2D eigenvalue weighted by Crippen LogP contribution is 2.32. The lowest BCUT2D eigenvalue weighted by Gasteiger charge is -2.22. The van der Waals surface area contributed by atoms with Gasteiger partial charge >= 0.3 is 0 Å². The Labute approximate surface area is 190 Å². The minimum absolute atomic E-state index is 0.0840. The Balaban J connectivity index is 1.84. The monoisotopic (exact) mass is 474 g/mol. The summed E-state index contributed by atoms with van der Waals surface area (Å²) >= 11 is 0. The molecule has 1 atom stereocenters. The first-order valence-electron chi connectivity index (χ1n) is 9.83. The molecule has 0 saturated carbocycles. The standard InChI is InChI=1S/C21H22N4O7S/c1-12(24-19(27)15-9-6-10-16(25(29)30)17(15)20(24)28)18(26)22-13-7-5-8-14(11-13)33(31,32)23-21(2,3)4/h5-12,23H,1-4H3,(H,22,26)/t12-/m0/s1. The van der Waals surface area contributed by atoms with E-state index < -0.39 is 49.9 Å². The van der Waals surface area contributed by atoms with Crippen molar-refractivity contribution in [3.05, 3.63) is 63.7 Å². The van der Waals surface area contributed by atoms with Gasteiger partial charge in [-0.15, -0.1) is 0 Å². The van der Waals surface area contributed by atoms with E-state index in [1.165, 1.54) is 43.3 Å². The predicted molar refractivity (Wildman–Crippen MR) is 118 cm³/mol. The maximum absolute atomic E-state index is 12.8. The number of carbonyl (C=O) groups is 3. The van der Waals surface area contributed by atoms with E-state index in [9.17, 15) is 32.9 Å². The number of anilines is 1. The van der Waals surface area contributed by atoms with Gasteiger partial charge in [0.2, 0.25) is 15.9 Å². The summed E-state index contributed by atoms with van der Waals surface area (Å²) in [7, 11) is -3.86. The Kier molecular flexibility index (Phi) is 6.09. The number of imide groups is 1. The van der Waals surface area contributed by atoms with Crippen molar-refractivity contribution in [1.82, 2.24) is 9.62 Å². The number of rotatable bonds is 6. The second-order valence-electron chi connectivity index (χ2n) is 8.49. The molecule has 0 bridgehead atoms. The van der Waals surface area contributed by atoms with Crippen LogP contribution in [0.4, 0.5) is 11.4 Å². The zero-order valence-corrected chi connectivity index (χ0v) is 19.1. The number of hydrogen-bond acceptors (Lipinski definition) is 7. The van der Waals surface area contributed by atoms with Gasteiger partial charge in [-0.2, -0.15) is 0 Å². The second-order valence-corrected chi connectivity index (χ2v) is 10.2. The van der Waals surface area contributed by atoms with Crippen molar-refractivity contribution in [2.24, 2.45) is 0 Å². The van der Waals surface area contributed by atoms with Gasteiger partial charge in [-0.1, -0.05) is 12.1 Å². The molecule has 174 valence electrons. The Morgan fingerprint density at radius 2 is 1.73 bits per heavy atom. The van der Waals surface area contributed by atoms with Crippen LogP contribution in [0.3, 0.4) is 0 Å². The summed E-state index contributed by atoms with van der Waals surface area (Å²) in [5.41, 5.74) is -1.64. The quantitative estimate of drug-likeness (QED) is 0.369. The lowest BCUT2D eigenvalue weighted by molar-refractivity contribution is -0.385. The van der Waals surface area contributed by atoms with E-state index in [0.29, 0.717) is 4.90 Å².